The topological polar surface area (TPSA) is 38.1 Å². The minimum absolute atomic E-state index is 0.0785. The van der Waals surface area contributed by atoms with Gasteiger partial charge in [0, 0.05) is 19.6 Å². The van der Waals surface area contributed by atoms with Gasteiger partial charge in [0.2, 0.25) is 5.91 Å². The van der Waals surface area contributed by atoms with E-state index in [1.165, 1.54) is 0 Å². The molecule has 1 atom stereocenters. The van der Waals surface area contributed by atoms with Crippen LogP contribution in [-0.4, -0.2) is 38.7 Å². The van der Waals surface area contributed by atoms with Crippen LogP contribution in [0.5, 0.6) is 0 Å². The van der Waals surface area contributed by atoms with Crippen molar-refractivity contribution in [1.82, 2.24) is 14.5 Å². The molecule has 1 aromatic carbocycles. The first kappa shape index (κ1) is 14.4. The maximum atomic E-state index is 12.4. The van der Waals surface area contributed by atoms with Crippen LogP contribution in [0.4, 0.5) is 0 Å². The highest BCUT2D eigenvalue weighted by Gasteiger charge is 2.25. The number of fused-ring (bicyclic) bond motifs is 1. The Labute approximate surface area is 129 Å². The molecule has 0 aliphatic carbocycles. The van der Waals surface area contributed by atoms with Crippen LogP contribution in [0.2, 0.25) is 0 Å². The molecular weight excluding hydrogens is 282 g/mol. The van der Waals surface area contributed by atoms with Crippen molar-refractivity contribution in [3.8, 4) is 0 Å². The van der Waals surface area contributed by atoms with Crippen molar-refractivity contribution in [3.63, 3.8) is 0 Å². The molecule has 0 saturated carbocycles. The lowest BCUT2D eigenvalue weighted by atomic mass is 10.3. The van der Waals surface area contributed by atoms with E-state index in [4.69, 9.17) is 0 Å². The number of aromatic nitrogens is 2. The fourth-order valence-electron chi connectivity index (χ4n) is 2.85. The molecule has 0 spiro atoms. The Bertz CT molecular complexity index is 646. The van der Waals surface area contributed by atoms with Crippen LogP contribution >= 0.6 is 11.8 Å². The summed E-state index contributed by atoms with van der Waals surface area (Å²) in [5.74, 6) is 0.243. The molecule has 1 unspecified atom stereocenters. The minimum Gasteiger partial charge on any atom is -0.342 e. The van der Waals surface area contributed by atoms with E-state index >= 15 is 0 Å². The Morgan fingerprint density at radius 1 is 1.33 bits per heavy atom. The second kappa shape index (κ2) is 6.10. The summed E-state index contributed by atoms with van der Waals surface area (Å²) in [5, 5.41) is 0.865. The molecule has 2 aromatic rings. The number of carbonyl (C=O) groups excluding carboxylic acids is 1. The van der Waals surface area contributed by atoms with Crippen LogP contribution in [0.25, 0.3) is 11.0 Å². The summed E-state index contributed by atoms with van der Waals surface area (Å²) in [4.78, 5) is 19.1. The van der Waals surface area contributed by atoms with Gasteiger partial charge in [-0.15, -0.1) is 0 Å². The van der Waals surface area contributed by atoms with Crippen molar-refractivity contribution in [1.29, 1.82) is 0 Å². The van der Waals surface area contributed by atoms with E-state index in [1.54, 1.807) is 11.8 Å². The zero-order chi connectivity index (χ0) is 14.8. The van der Waals surface area contributed by atoms with Crippen LogP contribution in [0.3, 0.4) is 0 Å². The molecule has 1 amide bonds. The number of aryl methyl sites for hydroxylation is 1. The molecule has 21 heavy (non-hydrogen) atoms. The molecular formula is C16H21N3OS. The standard InChI is InChI=1S/C16H21N3OS/c1-3-19-14-9-5-4-8-13(14)17-16(19)21-12(2)15(20)18-10-6-7-11-18/h4-5,8-9,12H,3,6-7,10-11H2,1-2H3. The van der Waals surface area contributed by atoms with E-state index in [0.717, 1.165) is 48.7 Å². The summed E-state index contributed by atoms with van der Waals surface area (Å²) in [7, 11) is 0. The number of para-hydroxylation sites is 2. The second-order valence-corrected chi connectivity index (χ2v) is 6.73. The monoisotopic (exact) mass is 303 g/mol. The number of amides is 1. The number of benzene rings is 1. The molecule has 112 valence electrons. The van der Waals surface area contributed by atoms with Gasteiger partial charge in [-0.25, -0.2) is 4.98 Å². The van der Waals surface area contributed by atoms with E-state index in [-0.39, 0.29) is 11.2 Å². The molecule has 1 fully saturated rings. The fourth-order valence-corrected chi connectivity index (χ4v) is 3.92. The highest BCUT2D eigenvalue weighted by atomic mass is 32.2. The first-order chi connectivity index (χ1) is 10.2. The van der Waals surface area contributed by atoms with Crippen molar-refractivity contribution in [2.45, 2.75) is 43.6 Å². The second-order valence-electron chi connectivity index (χ2n) is 5.42. The molecule has 2 heterocycles. The van der Waals surface area contributed by atoms with Gasteiger partial charge in [-0.1, -0.05) is 23.9 Å². The normalized spacial score (nSPS) is 16.6. The SMILES string of the molecule is CCn1c(SC(C)C(=O)N2CCCC2)nc2ccccc21. The van der Waals surface area contributed by atoms with Gasteiger partial charge >= 0.3 is 0 Å². The maximum absolute atomic E-state index is 12.4. The number of thioether (sulfide) groups is 1. The molecule has 4 nitrogen and oxygen atoms in total. The lowest BCUT2D eigenvalue weighted by molar-refractivity contribution is -0.129. The van der Waals surface area contributed by atoms with Gasteiger partial charge < -0.3 is 9.47 Å². The summed E-state index contributed by atoms with van der Waals surface area (Å²) in [6.07, 6.45) is 2.27. The van der Waals surface area contributed by atoms with Crippen LogP contribution in [0.15, 0.2) is 29.4 Å². The Hall–Kier alpha value is -1.49. The molecule has 0 bridgehead atoms. The zero-order valence-corrected chi connectivity index (χ0v) is 13.4. The van der Waals surface area contributed by atoms with E-state index in [2.05, 4.69) is 22.5 Å². The number of imidazole rings is 1. The number of hydrogen-bond donors (Lipinski definition) is 0. The molecule has 1 aliphatic heterocycles. The van der Waals surface area contributed by atoms with Gasteiger partial charge in [-0.05, 0) is 38.8 Å². The Morgan fingerprint density at radius 2 is 2.05 bits per heavy atom. The van der Waals surface area contributed by atoms with Gasteiger partial charge in [0.05, 0.1) is 16.3 Å². The van der Waals surface area contributed by atoms with Crippen molar-refractivity contribution >= 4 is 28.7 Å². The summed E-state index contributed by atoms with van der Waals surface area (Å²) in [6, 6.07) is 8.15. The Morgan fingerprint density at radius 3 is 2.76 bits per heavy atom. The summed E-state index contributed by atoms with van der Waals surface area (Å²) < 4.78 is 2.19. The van der Waals surface area contributed by atoms with E-state index in [0.29, 0.717) is 0 Å². The third kappa shape index (κ3) is 2.79. The predicted molar refractivity (Wildman–Crippen MR) is 86.5 cm³/mol. The van der Waals surface area contributed by atoms with Crippen molar-refractivity contribution in [2.75, 3.05) is 13.1 Å². The minimum atomic E-state index is -0.0785. The molecule has 1 aliphatic rings. The van der Waals surface area contributed by atoms with E-state index in [9.17, 15) is 4.79 Å². The van der Waals surface area contributed by atoms with Crippen molar-refractivity contribution in [2.24, 2.45) is 0 Å². The van der Waals surface area contributed by atoms with Gasteiger partial charge in [0.25, 0.3) is 0 Å². The van der Waals surface area contributed by atoms with Crippen molar-refractivity contribution in [3.05, 3.63) is 24.3 Å². The molecule has 1 aromatic heterocycles. The molecule has 5 heteroatoms. The van der Waals surface area contributed by atoms with Crippen molar-refractivity contribution < 1.29 is 4.79 Å². The largest absolute Gasteiger partial charge is 0.342 e. The smallest absolute Gasteiger partial charge is 0.235 e. The molecule has 3 rings (SSSR count). The van der Waals surface area contributed by atoms with Gasteiger partial charge in [0.15, 0.2) is 5.16 Å². The quantitative estimate of drug-likeness (QED) is 0.814. The summed E-state index contributed by atoms with van der Waals surface area (Å²) >= 11 is 1.58. The first-order valence-corrected chi connectivity index (χ1v) is 8.49. The van der Waals surface area contributed by atoms with Gasteiger partial charge in [0.1, 0.15) is 0 Å². The molecule has 0 N–H and O–H groups in total. The van der Waals surface area contributed by atoms with Crippen LogP contribution in [0, 0.1) is 0 Å². The van der Waals surface area contributed by atoms with Gasteiger partial charge in [-0.2, -0.15) is 0 Å². The lowest BCUT2D eigenvalue weighted by Crippen LogP contribution is -2.34. The maximum Gasteiger partial charge on any atom is 0.235 e. The number of nitrogens with zero attached hydrogens (tertiary/aromatic N) is 3. The number of likely N-dealkylation sites (tertiary alicyclic amines) is 1. The number of rotatable bonds is 4. The zero-order valence-electron chi connectivity index (χ0n) is 12.6. The van der Waals surface area contributed by atoms with Crippen LogP contribution in [-0.2, 0) is 11.3 Å². The third-order valence-corrected chi connectivity index (χ3v) is 5.06. The van der Waals surface area contributed by atoms with Gasteiger partial charge in [-0.3, -0.25) is 4.79 Å². The Balaban J connectivity index is 1.82. The van der Waals surface area contributed by atoms with E-state index < -0.39 is 0 Å². The van der Waals surface area contributed by atoms with Crippen LogP contribution in [0.1, 0.15) is 26.7 Å². The summed E-state index contributed by atoms with van der Waals surface area (Å²) in [6.45, 7) is 6.80. The van der Waals surface area contributed by atoms with Crippen LogP contribution < -0.4 is 0 Å². The number of carbonyl (C=O) groups is 1. The Kier molecular flexibility index (Phi) is 4.19. The predicted octanol–water partition coefficient (Wildman–Crippen LogP) is 3.16. The summed E-state index contributed by atoms with van der Waals surface area (Å²) in [5.41, 5.74) is 2.14. The average molecular weight is 303 g/mol. The lowest BCUT2D eigenvalue weighted by Gasteiger charge is -2.19. The molecule has 1 saturated heterocycles. The molecule has 0 radical (unpaired) electrons. The third-order valence-electron chi connectivity index (χ3n) is 3.98. The first-order valence-electron chi connectivity index (χ1n) is 7.61. The fraction of sp³-hybridized carbons (Fsp3) is 0.500. The van der Waals surface area contributed by atoms with E-state index in [1.807, 2.05) is 30.0 Å². The average Bonchev–Trinajstić information content (AvgIpc) is 3.13. The number of hydrogen-bond acceptors (Lipinski definition) is 3. The highest BCUT2D eigenvalue weighted by molar-refractivity contribution is 8.00. The highest BCUT2D eigenvalue weighted by Crippen LogP contribution is 2.28.